The molecule has 4 rings (SSSR count). The maximum Gasteiger partial charge on any atom is 0.295 e. The lowest BCUT2D eigenvalue weighted by atomic mass is 10.0. The van der Waals surface area contributed by atoms with Gasteiger partial charge in [0.1, 0.15) is 17.0 Å². The molecule has 1 aromatic carbocycles. The number of carbonyl (C=O) groups excluding carboxylic acids is 4. The van der Waals surface area contributed by atoms with E-state index in [0.29, 0.717) is 40.5 Å². The van der Waals surface area contributed by atoms with E-state index in [4.69, 9.17) is 14.2 Å². The summed E-state index contributed by atoms with van der Waals surface area (Å²) in [4.78, 5) is 60.5. The van der Waals surface area contributed by atoms with Gasteiger partial charge in [-0.3, -0.25) is 19.2 Å². The highest BCUT2D eigenvalue weighted by atomic mass is 16.5. The first-order valence-electron chi connectivity index (χ1n) is 11.4. The number of nitrogens with one attached hydrogen (secondary N) is 1. The van der Waals surface area contributed by atoms with Crippen molar-refractivity contribution >= 4 is 40.7 Å². The minimum absolute atomic E-state index is 0.148. The summed E-state index contributed by atoms with van der Waals surface area (Å²) in [5.41, 5.74) is 1.57. The van der Waals surface area contributed by atoms with E-state index in [2.05, 4.69) is 9.97 Å². The number of ketones is 1. The molecule has 1 saturated heterocycles. The number of allylic oxidation sites excluding steroid dienone is 2. The number of H-pyrrole nitrogens is 1. The summed E-state index contributed by atoms with van der Waals surface area (Å²) in [6, 6.07) is 6.86. The monoisotopic (exact) mass is 506 g/mol. The second-order valence-electron chi connectivity index (χ2n) is 8.16. The van der Waals surface area contributed by atoms with Crippen LogP contribution in [0.1, 0.15) is 15.9 Å². The number of aromatic amines is 1. The lowest BCUT2D eigenvalue weighted by molar-refractivity contribution is -0.127. The van der Waals surface area contributed by atoms with Gasteiger partial charge in [0.25, 0.3) is 11.7 Å². The number of ether oxygens (including phenoxy) is 3. The van der Waals surface area contributed by atoms with Crippen LogP contribution in [0.5, 0.6) is 17.4 Å². The molecule has 0 atom stereocenters. The number of pyridine rings is 1. The number of carbonyl (C=O) groups is 4. The second-order valence-corrected chi connectivity index (χ2v) is 8.16. The fraction of sp³-hybridized carbons (Fsp3) is 0.269. The second kappa shape index (κ2) is 10.9. The molecule has 11 nitrogen and oxygen atoms in total. The van der Waals surface area contributed by atoms with Gasteiger partial charge in [-0.05, 0) is 17.7 Å². The minimum Gasteiger partial charge on any atom is -0.497 e. The van der Waals surface area contributed by atoms with Crippen molar-refractivity contribution in [3.05, 3.63) is 53.5 Å². The fourth-order valence-corrected chi connectivity index (χ4v) is 4.37. The quantitative estimate of drug-likeness (QED) is 0.199. The Morgan fingerprint density at radius 2 is 1.70 bits per heavy atom. The number of hydrogen-bond acceptors (Lipinski definition) is 9. The largest absolute Gasteiger partial charge is 0.497 e. The summed E-state index contributed by atoms with van der Waals surface area (Å²) in [5, 5.41) is 0.409. The van der Waals surface area contributed by atoms with Crippen molar-refractivity contribution in [2.45, 2.75) is 0 Å². The van der Waals surface area contributed by atoms with Crippen molar-refractivity contribution in [3.63, 3.8) is 0 Å². The third kappa shape index (κ3) is 4.75. The van der Waals surface area contributed by atoms with E-state index in [9.17, 15) is 19.2 Å². The molecule has 37 heavy (non-hydrogen) atoms. The van der Waals surface area contributed by atoms with Crippen molar-refractivity contribution in [1.29, 1.82) is 0 Å². The van der Waals surface area contributed by atoms with Gasteiger partial charge in [0, 0.05) is 37.9 Å². The first kappa shape index (κ1) is 25.4. The molecule has 0 radical (unpaired) electrons. The van der Waals surface area contributed by atoms with E-state index in [1.807, 2.05) is 0 Å². The van der Waals surface area contributed by atoms with E-state index in [0.717, 1.165) is 0 Å². The third-order valence-electron chi connectivity index (χ3n) is 6.29. The highest BCUT2D eigenvalue weighted by Crippen LogP contribution is 2.33. The molecule has 1 aliphatic heterocycles. The number of amides is 1. The van der Waals surface area contributed by atoms with Gasteiger partial charge >= 0.3 is 0 Å². The number of aldehydes is 2. The summed E-state index contributed by atoms with van der Waals surface area (Å²) in [5.74, 6) is -0.233. The van der Waals surface area contributed by atoms with Crippen LogP contribution < -0.4 is 14.2 Å². The van der Waals surface area contributed by atoms with Gasteiger partial charge in [-0.2, -0.15) is 0 Å². The number of benzene rings is 1. The number of rotatable bonds is 9. The topological polar surface area (TPSA) is 131 Å². The molecule has 1 N–H and O–H groups in total. The maximum atomic E-state index is 13.2. The van der Waals surface area contributed by atoms with Gasteiger partial charge in [-0.15, -0.1) is 0 Å². The van der Waals surface area contributed by atoms with E-state index in [1.54, 1.807) is 29.2 Å². The zero-order valence-corrected chi connectivity index (χ0v) is 20.6. The lowest BCUT2D eigenvalue weighted by Gasteiger charge is -2.36. The molecule has 2 aromatic heterocycles. The first-order chi connectivity index (χ1) is 18.0. The molecule has 0 bridgehead atoms. The molecule has 1 amide bonds. The summed E-state index contributed by atoms with van der Waals surface area (Å²) < 4.78 is 15.8. The van der Waals surface area contributed by atoms with Crippen LogP contribution in [0.25, 0.3) is 16.5 Å². The molecule has 1 fully saturated rings. The van der Waals surface area contributed by atoms with Crippen LogP contribution in [-0.2, 0) is 14.4 Å². The predicted molar refractivity (Wildman–Crippen MR) is 134 cm³/mol. The Balaban J connectivity index is 1.54. The van der Waals surface area contributed by atoms with Crippen molar-refractivity contribution in [2.75, 3.05) is 47.5 Å². The third-order valence-corrected chi connectivity index (χ3v) is 6.29. The number of Topliss-reactive ketones (excluding diaryl/α,β-unsaturated/α-hetero) is 1. The zero-order valence-electron chi connectivity index (χ0n) is 20.6. The predicted octanol–water partition coefficient (Wildman–Crippen LogP) is 1.72. The van der Waals surface area contributed by atoms with E-state index in [1.165, 1.54) is 38.6 Å². The van der Waals surface area contributed by atoms with Crippen LogP contribution in [0.4, 0.5) is 0 Å². The first-order valence-corrected chi connectivity index (χ1v) is 11.4. The zero-order chi connectivity index (χ0) is 26.5. The molecule has 0 unspecified atom stereocenters. The van der Waals surface area contributed by atoms with Crippen molar-refractivity contribution in [2.24, 2.45) is 0 Å². The molecule has 192 valence electrons. The van der Waals surface area contributed by atoms with Crippen molar-refractivity contribution in [1.82, 2.24) is 19.8 Å². The number of hydrogen-bond donors (Lipinski definition) is 1. The molecule has 0 saturated carbocycles. The van der Waals surface area contributed by atoms with Crippen LogP contribution in [-0.4, -0.2) is 91.5 Å². The maximum absolute atomic E-state index is 13.2. The average molecular weight is 507 g/mol. The number of piperazine rings is 1. The Morgan fingerprint density at radius 1 is 0.973 bits per heavy atom. The minimum atomic E-state index is -0.706. The highest BCUT2D eigenvalue weighted by molar-refractivity contribution is 6.45. The number of methoxy groups -OCH3 is 3. The van der Waals surface area contributed by atoms with Crippen LogP contribution >= 0.6 is 0 Å². The van der Waals surface area contributed by atoms with Gasteiger partial charge in [0.2, 0.25) is 5.88 Å². The Labute approximate surface area is 212 Å². The van der Waals surface area contributed by atoms with Gasteiger partial charge in [-0.25, -0.2) is 4.98 Å². The summed E-state index contributed by atoms with van der Waals surface area (Å²) in [7, 11) is 4.41. The molecule has 0 spiro atoms. The fourth-order valence-electron chi connectivity index (χ4n) is 4.37. The van der Waals surface area contributed by atoms with Crippen LogP contribution in [0.3, 0.4) is 0 Å². The Hall–Kier alpha value is -4.67. The van der Waals surface area contributed by atoms with Crippen LogP contribution in [0, 0.1) is 0 Å². The molecular formula is C26H26N4O7. The lowest BCUT2D eigenvalue weighted by Crippen LogP contribution is -2.50. The van der Waals surface area contributed by atoms with Gasteiger partial charge < -0.3 is 29.0 Å². The van der Waals surface area contributed by atoms with E-state index < -0.39 is 11.7 Å². The molecule has 11 heteroatoms. The number of aromatic nitrogens is 2. The summed E-state index contributed by atoms with van der Waals surface area (Å²) >= 11 is 0. The van der Waals surface area contributed by atoms with E-state index in [-0.39, 0.29) is 48.9 Å². The molecule has 0 aliphatic carbocycles. The Morgan fingerprint density at radius 3 is 2.32 bits per heavy atom. The standard InChI is InChI=1S/C26H26N4O7/c1-35-17-6-4-5-16(11-17)19(14-31)20(15-32)29-7-9-30(10-8-29)26(34)24(33)18-12-27-23-22(18)21(36-2)13-28-25(23)37-3/h4-6,11-15,27H,7-10H2,1-3H3/b20-19-. The molecular weight excluding hydrogens is 480 g/mol. The van der Waals surface area contributed by atoms with Gasteiger partial charge in [0.05, 0.1) is 44.2 Å². The smallest absolute Gasteiger partial charge is 0.295 e. The number of fused-ring (bicyclic) bond motifs is 1. The highest BCUT2D eigenvalue weighted by Gasteiger charge is 2.31. The van der Waals surface area contributed by atoms with Crippen molar-refractivity contribution < 1.29 is 33.4 Å². The molecule has 3 aromatic rings. The molecule has 1 aliphatic rings. The SMILES string of the molecule is COc1cccc(/C(C=O)=C(/C=O)N2CCN(C(=O)C(=O)c3c[nH]c4c(OC)ncc(OC)c34)CC2)c1. The summed E-state index contributed by atoms with van der Waals surface area (Å²) in [6.45, 7) is 0.916. The van der Waals surface area contributed by atoms with Crippen LogP contribution in [0.2, 0.25) is 0 Å². The van der Waals surface area contributed by atoms with Gasteiger partial charge in [-0.1, -0.05) is 12.1 Å². The average Bonchev–Trinajstić information content (AvgIpc) is 3.40. The number of nitrogens with zero attached hydrogens (tertiary/aromatic N) is 3. The van der Waals surface area contributed by atoms with Crippen molar-refractivity contribution in [3.8, 4) is 17.4 Å². The Bertz CT molecular complexity index is 1390. The summed E-state index contributed by atoms with van der Waals surface area (Å²) in [6.07, 6.45) is 4.12. The Kier molecular flexibility index (Phi) is 7.52. The normalized spacial score (nSPS) is 14.1. The molecule has 3 heterocycles. The van der Waals surface area contributed by atoms with Crippen LogP contribution in [0.15, 0.2) is 42.4 Å². The van der Waals surface area contributed by atoms with E-state index >= 15 is 0 Å². The van der Waals surface area contributed by atoms with Gasteiger partial charge in [0.15, 0.2) is 12.6 Å².